The quantitative estimate of drug-likeness (QED) is 0.855. The van der Waals surface area contributed by atoms with Crippen LogP contribution in [0.4, 0.5) is 0 Å². The van der Waals surface area contributed by atoms with Gasteiger partial charge in [-0.15, -0.1) is 0 Å². The summed E-state index contributed by atoms with van der Waals surface area (Å²) in [5.41, 5.74) is 0.0822. The van der Waals surface area contributed by atoms with E-state index in [-0.39, 0.29) is 29.5 Å². The summed E-state index contributed by atoms with van der Waals surface area (Å²) in [5, 5.41) is 4.28. The predicted molar refractivity (Wildman–Crippen MR) is 82.8 cm³/mol. The number of rotatable bonds is 3. The molecule has 0 spiro atoms. The highest BCUT2D eigenvalue weighted by molar-refractivity contribution is 5.08. The highest BCUT2D eigenvalue weighted by Gasteiger charge is 2.42. The molecule has 0 N–H and O–H groups in total. The predicted octanol–water partition coefficient (Wildman–Crippen LogP) is 3.52. The van der Waals surface area contributed by atoms with Crippen molar-refractivity contribution in [3.63, 3.8) is 0 Å². The van der Waals surface area contributed by atoms with Crippen LogP contribution < -0.4 is 0 Å². The molecule has 0 saturated carbocycles. The van der Waals surface area contributed by atoms with Gasteiger partial charge in [0.2, 0.25) is 5.89 Å². The van der Waals surface area contributed by atoms with Gasteiger partial charge in [0.1, 0.15) is 0 Å². The fourth-order valence-corrected chi connectivity index (χ4v) is 3.79. The standard InChI is InChI=1S/C17H28N2O3/c1-10(2)13-11(6-8-20-13)16-18-15(19-22-16)12-7-9-21-14(12)17(3,4)5/h10-14H,6-9H2,1-5H3/t11-,12-,13+,14-/m0/s1. The van der Waals surface area contributed by atoms with Gasteiger partial charge in [-0.05, 0) is 24.2 Å². The van der Waals surface area contributed by atoms with Crippen LogP contribution in [0.25, 0.3) is 0 Å². The van der Waals surface area contributed by atoms with E-state index in [2.05, 4.69) is 39.8 Å². The first-order valence-corrected chi connectivity index (χ1v) is 8.44. The average molecular weight is 308 g/mol. The van der Waals surface area contributed by atoms with Crippen molar-refractivity contribution in [2.24, 2.45) is 11.3 Å². The molecule has 2 fully saturated rings. The zero-order chi connectivity index (χ0) is 15.9. The first-order valence-electron chi connectivity index (χ1n) is 8.44. The van der Waals surface area contributed by atoms with Crippen molar-refractivity contribution in [1.29, 1.82) is 0 Å². The van der Waals surface area contributed by atoms with Crippen molar-refractivity contribution in [2.45, 2.75) is 71.5 Å². The van der Waals surface area contributed by atoms with Gasteiger partial charge in [0.25, 0.3) is 0 Å². The van der Waals surface area contributed by atoms with Crippen LogP contribution in [-0.4, -0.2) is 35.6 Å². The first kappa shape index (κ1) is 15.9. The fraction of sp³-hybridized carbons (Fsp3) is 0.882. The summed E-state index contributed by atoms with van der Waals surface area (Å²) in [4.78, 5) is 4.73. The molecule has 0 radical (unpaired) electrons. The minimum Gasteiger partial charge on any atom is -0.377 e. The molecule has 1 aromatic heterocycles. The molecule has 3 rings (SSSR count). The third kappa shape index (κ3) is 2.93. The van der Waals surface area contributed by atoms with E-state index < -0.39 is 0 Å². The van der Waals surface area contributed by atoms with E-state index in [0.717, 1.165) is 37.8 Å². The van der Waals surface area contributed by atoms with Crippen molar-refractivity contribution in [3.8, 4) is 0 Å². The van der Waals surface area contributed by atoms with Crippen LogP contribution in [0.2, 0.25) is 0 Å². The van der Waals surface area contributed by atoms with Gasteiger partial charge in [-0.25, -0.2) is 0 Å². The third-order valence-electron chi connectivity index (χ3n) is 4.84. The molecule has 0 bridgehead atoms. The van der Waals surface area contributed by atoms with Crippen molar-refractivity contribution in [2.75, 3.05) is 13.2 Å². The summed E-state index contributed by atoms with van der Waals surface area (Å²) < 4.78 is 17.4. The Bertz CT molecular complexity index is 506. The Morgan fingerprint density at radius 2 is 1.73 bits per heavy atom. The van der Waals surface area contributed by atoms with Gasteiger partial charge in [-0.2, -0.15) is 4.98 Å². The van der Waals surface area contributed by atoms with Crippen LogP contribution in [-0.2, 0) is 9.47 Å². The summed E-state index contributed by atoms with van der Waals surface area (Å²) in [5.74, 6) is 2.47. The summed E-state index contributed by atoms with van der Waals surface area (Å²) in [6.45, 7) is 12.5. The Morgan fingerprint density at radius 3 is 2.41 bits per heavy atom. The Morgan fingerprint density at radius 1 is 1.05 bits per heavy atom. The van der Waals surface area contributed by atoms with Gasteiger partial charge in [0, 0.05) is 13.2 Å². The number of hydrogen-bond donors (Lipinski definition) is 0. The van der Waals surface area contributed by atoms with Gasteiger partial charge >= 0.3 is 0 Å². The molecule has 5 nitrogen and oxygen atoms in total. The second-order valence-corrected chi connectivity index (χ2v) is 8.02. The average Bonchev–Trinajstić information content (AvgIpc) is 3.17. The zero-order valence-electron chi connectivity index (χ0n) is 14.3. The monoisotopic (exact) mass is 308 g/mol. The van der Waals surface area contributed by atoms with E-state index in [1.54, 1.807) is 0 Å². The second-order valence-electron chi connectivity index (χ2n) is 8.02. The van der Waals surface area contributed by atoms with Crippen molar-refractivity contribution in [3.05, 3.63) is 11.7 Å². The van der Waals surface area contributed by atoms with E-state index in [0.29, 0.717) is 5.92 Å². The Labute approximate surface area is 132 Å². The third-order valence-corrected chi connectivity index (χ3v) is 4.84. The molecule has 0 aliphatic carbocycles. The highest BCUT2D eigenvalue weighted by Crippen LogP contribution is 2.41. The lowest BCUT2D eigenvalue weighted by Crippen LogP contribution is -2.30. The SMILES string of the molecule is CC(C)[C@H]1OCC[C@@H]1c1nc([C@H]2CCO[C@@H]2C(C)(C)C)no1. The lowest BCUT2D eigenvalue weighted by atomic mass is 9.81. The van der Waals surface area contributed by atoms with Gasteiger partial charge in [0.05, 0.1) is 24.0 Å². The summed E-state index contributed by atoms with van der Waals surface area (Å²) in [6, 6.07) is 0. The van der Waals surface area contributed by atoms with Crippen LogP contribution in [0, 0.1) is 11.3 Å². The van der Waals surface area contributed by atoms with E-state index >= 15 is 0 Å². The summed E-state index contributed by atoms with van der Waals surface area (Å²) in [6.07, 6.45) is 2.27. The Kier molecular flexibility index (Phi) is 4.29. The van der Waals surface area contributed by atoms with E-state index in [4.69, 9.17) is 19.0 Å². The van der Waals surface area contributed by atoms with Crippen LogP contribution in [0.3, 0.4) is 0 Å². The largest absolute Gasteiger partial charge is 0.377 e. The molecule has 4 atom stereocenters. The molecule has 1 aromatic rings. The van der Waals surface area contributed by atoms with E-state index in [9.17, 15) is 0 Å². The normalized spacial score (nSPS) is 33.0. The number of hydrogen-bond acceptors (Lipinski definition) is 5. The number of ether oxygens (including phenoxy) is 2. The number of nitrogens with zero attached hydrogens (tertiary/aromatic N) is 2. The molecule has 0 aromatic carbocycles. The van der Waals surface area contributed by atoms with Crippen LogP contribution >= 0.6 is 0 Å². The maximum atomic E-state index is 5.93. The van der Waals surface area contributed by atoms with Gasteiger partial charge in [-0.1, -0.05) is 39.8 Å². The minimum absolute atomic E-state index is 0.0822. The van der Waals surface area contributed by atoms with Gasteiger partial charge in [-0.3, -0.25) is 0 Å². The molecular weight excluding hydrogens is 280 g/mol. The molecule has 0 amide bonds. The smallest absolute Gasteiger partial charge is 0.232 e. The molecule has 2 aliphatic rings. The number of aromatic nitrogens is 2. The van der Waals surface area contributed by atoms with Crippen LogP contribution in [0.1, 0.15) is 71.0 Å². The Hall–Kier alpha value is -0.940. The lowest BCUT2D eigenvalue weighted by molar-refractivity contribution is 0.0193. The maximum absolute atomic E-state index is 5.93. The molecule has 5 heteroatoms. The van der Waals surface area contributed by atoms with E-state index in [1.807, 2.05) is 0 Å². The topological polar surface area (TPSA) is 57.4 Å². The first-order chi connectivity index (χ1) is 10.4. The zero-order valence-corrected chi connectivity index (χ0v) is 14.3. The molecule has 2 aliphatic heterocycles. The van der Waals surface area contributed by atoms with Crippen molar-refractivity contribution in [1.82, 2.24) is 10.1 Å². The Balaban J connectivity index is 1.79. The summed E-state index contributed by atoms with van der Waals surface area (Å²) in [7, 11) is 0. The van der Waals surface area contributed by atoms with Crippen molar-refractivity contribution < 1.29 is 14.0 Å². The van der Waals surface area contributed by atoms with Gasteiger partial charge in [0.15, 0.2) is 5.82 Å². The highest BCUT2D eigenvalue weighted by atomic mass is 16.5. The molecule has 2 saturated heterocycles. The van der Waals surface area contributed by atoms with E-state index in [1.165, 1.54) is 0 Å². The second kappa shape index (κ2) is 5.93. The minimum atomic E-state index is 0.0822. The maximum Gasteiger partial charge on any atom is 0.232 e. The van der Waals surface area contributed by atoms with Crippen LogP contribution in [0.5, 0.6) is 0 Å². The molecule has 0 unspecified atom stereocenters. The lowest BCUT2D eigenvalue weighted by Gasteiger charge is -2.29. The molecule has 22 heavy (non-hydrogen) atoms. The van der Waals surface area contributed by atoms with Crippen LogP contribution in [0.15, 0.2) is 4.52 Å². The molecule has 3 heterocycles. The molecular formula is C17H28N2O3. The fourth-order valence-electron chi connectivity index (χ4n) is 3.79. The molecule has 124 valence electrons. The van der Waals surface area contributed by atoms with Crippen molar-refractivity contribution >= 4 is 0 Å². The van der Waals surface area contributed by atoms with Gasteiger partial charge < -0.3 is 14.0 Å². The summed E-state index contributed by atoms with van der Waals surface area (Å²) >= 11 is 0.